The average molecular weight is 463 g/mol. The van der Waals surface area contributed by atoms with E-state index < -0.39 is 15.9 Å². The van der Waals surface area contributed by atoms with E-state index >= 15 is 0 Å². The van der Waals surface area contributed by atoms with Crippen LogP contribution in [-0.2, 0) is 10.0 Å². The van der Waals surface area contributed by atoms with Crippen LogP contribution in [0.4, 0.5) is 5.69 Å². The monoisotopic (exact) mass is 462 g/mol. The zero-order valence-electron chi connectivity index (χ0n) is 17.4. The van der Waals surface area contributed by atoms with Crippen molar-refractivity contribution in [3.8, 4) is 11.4 Å². The van der Waals surface area contributed by atoms with E-state index in [0.717, 1.165) is 0 Å². The van der Waals surface area contributed by atoms with Gasteiger partial charge in [-0.2, -0.15) is 4.31 Å². The van der Waals surface area contributed by atoms with Gasteiger partial charge < -0.3 is 14.6 Å². The normalized spacial score (nSPS) is 11.5. The van der Waals surface area contributed by atoms with Gasteiger partial charge in [0, 0.05) is 30.7 Å². The van der Waals surface area contributed by atoms with Crippen LogP contribution in [-0.4, -0.2) is 48.4 Å². The molecule has 0 aliphatic rings. The zero-order valence-corrected chi connectivity index (χ0v) is 18.9. The molecule has 2 aromatic carbocycles. The van der Waals surface area contributed by atoms with Crippen molar-refractivity contribution >= 4 is 33.2 Å². The summed E-state index contributed by atoms with van der Waals surface area (Å²) in [6, 6.07) is 11.3. The molecular weight excluding hydrogens is 440 g/mol. The molecule has 1 amide bonds. The van der Waals surface area contributed by atoms with E-state index in [1.165, 1.54) is 17.7 Å². The molecule has 1 heterocycles. The van der Waals surface area contributed by atoms with Gasteiger partial charge in [-0.05, 0) is 42.5 Å². The molecule has 0 saturated carbocycles. The maximum Gasteiger partial charge on any atom is 0.275 e. The Labute approximate surface area is 186 Å². The maximum atomic E-state index is 12.6. The molecule has 0 saturated heterocycles. The van der Waals surface area contributed by atoms with Gasteiger partial charge in [0.1, 0.15) is 17.8 Å². The Bertz CT molecular complexity index is 1170. The summed E-state index contributed by atoms with van der Waals surface area (Å²) in [6.07, 6.45) is 3.05. The van der Waals surface area contributed by atoms with Gasteiger partial charge in [0.25, 0.3) is 5.91 Å². The Balaban J connectivity index is 1.76. The number of imidazole rings is 1. The van der Waals surface area contributed by atoms with E-state index in [9.17, 15) is 13.2 Å². The fraction of sp³-hybridized carbons (Fsp3) is 0.238. The molecule has 1 aromatic heterocycles. The molecule has 10 heteroatoms. The van der Waals surface area contributed by atoms with E-state index in [4.69, 9.17) is 16.3 Å². The summed E-state index contributed by atoms with van der Waals surface area (Å²) >= 11 is 6.08. The SMILES string of the molecule is CCN(CC)S(=O)(=O)c1ccc(-n2cnc(C(=O)Nc3ccc(OC)c(Cl)c3)c2)cc1. The minimum Gasteiger partial charge on any atom is -0.495 e. The van der Waals surface area contributed by atoms with E-state index in [1.807, 2.05) is 0 Å². The Morgan fingerprint density at radius 2 is 1.84 bits per heavy atom. The molecule has 0 spiro atoms. The number of ether oxygens (including phenoxy) is 1. The fourth-order valence-corrected chi connectivity index (χ4v) is 4.74. The van der Waals surface area contributed by atoms with Crippen LogP contribution < -0.4 is 10.1 Å². The molecule has 0 aliphatic carbocycles. The van der Waals surface area contributed by atoms with E-state index in [1.54, 1.807) is 67.1 Å². The van der Waals surface area contributed by atoms with Crippen LogP contribution in [0.3, 0.4) is 0 Å². The van der Waals surface area contributed by atoms with Crippen molar-refractivity contribution in [3.63, 3.8) is 0 Å². The molecule has 0 radical (unpaired) electrons. The van der Waals surface area contributed by atoms with Gasteiger partial charge in [-0.3, -0.25) is 4.79 Å². The van der Waals surface area contributed by atoms with Gasteiger partial charge in [-0.25, -0.2) is 13.4 Å². The highest BCUT2D eigenvalue weighted by molar-refractivity contribution is 7.89. The number of nitrogens with one attached hydrogen (secondary N) is 1. The first-order valence-electron chi connectivity index (χ1n) is 9.59. The number of nitrogens with zero attached hydrogens (tertiary/aromatic N) is 3. The lowest BCUT2D eigenvalue weighted by Gasteiger charge is -2.18. The van der Waals surface area contributed by atoms with Gasteiger partial charge in [0.2, 0.25) is 10.0 Å². The second kappa shape index (κ2) is 9.51. The number of sulfonamides is 1. The van der Waals surface area contributed by atoms with Crippen molar-refractivity contribution in [1.82, 2.24) is 13.9 Å². The number of carbonyl (C=O) groups is 1. The first-order chi connectivity index (χ1) is 14.8. The van der Waals surface area contributed by atoms with Gasteiger partial charge in [-0.15, -0.1) is 0 Å². The van der Waals surface area contributed by atoms with Crippen LogP contribution in [0.15, 0.2) is 59.9 Å². The predicted molar refractivity (Wildman–Crippen MR) is 120 cm³/mol. The molecule has 3 aromatic rings. The molecule has 0 fully saturated rings. The molecule has 3 rings (SSSR count). The van der Waals surface area contributed by atoms with Crippen LogP contribution in [0, 0.1) is 0 Å². The van der Waals surface area contributed by atoms with Gasteiger partial charge in [0.15, 0.2) is 0 Å². The van der Waals surface area contributed by atoms with Crippen molar-refractivity contribution in [3.05, 3.63) is 65.7 Å². The van der Waals surface area contributed by atoms with Crippen molar-refractivity contribution in [2.75, 3.05) is 25.5 Å². The lowest BCUT2D eigenvalue weighted by Crippen LogP contribution is -2.30. The minimum absolute atomic E-state index is 0.201. The third-order valence-electron chi connectivity index (χ3n) is 4.70. The summed E-state index contributed by atoms with van der Waals surface area (Å²) in [5, 5.41) is 3.11. The smallest absolute Gasteiger partial charge is 0.275 e. The zero-order chi connectivity index (χ0) is 22.6. The molecule has 1 N–H and O–H groups in total. The summed E-state index contributed by atoms with van der Waals surface area (Å²) in [6.45, 7) is 4.40. The van der Waals surface area contributed by atoms with E-state index in [-0.39, 0.29) is 10.6 Å². The summed E-state index contributed by atoms with van der Waals surface area (Å²) in [7, 11) is -2.02. The number of carbonyl (C=O) groups excluding carboxylic acids is 1. The van der Waals surface area contributed by atoms with Gasteiger partial charge in [0.05, 0.1) is 17.0 Å². The number of benzene rings is 2. The van der Waals surface area contributed by atoms with Crippen molar-refractivity contribution in [2.45, 2.75) is 18.7 Å². The number of amides is 1. The number of hydrogen-bond donors (Lipinski definition) is 1. The summed E-state index contributed by atoms with van der Waals surface area (Å²) in [5.41, 5.74) is 1.39. The fourth-order valence-electron chi connectivity index (χ4n) is 3.02. The third-order valence-corrected chi connectivity index (χ3v) is 7.06. The number of hydrogen-bond acceptors (Lipinski definition) is 5. The number of halogens is 1. The molecule has 0 unspecified atom stereocenters. The van der Waals surface area contributed by atoms with Crippen LogP contribution in [0.2, 0.25) is 5.02 Å². The van der Waals surface area contributed by atoms with Crippen molar-refractivity contribution in [1.29, 1.82) is 0 Å². The largest absolute Gasteiger partial charge is 0.495 e. The molecule has 0 bridgehead atoms. The van der Waals surface area contributed by atoms with Crippen molar-refractivity contribution in [2.24, 2.45) is 0 Å². The van der Waals surface area contributed by atoms with Crippen LogP contribution >= 0.6 is 11.6 Å². The molecule has 31 heavy (non-hydrogen) atoms. The highest BCUT2D eigenvalue weighted by Crippen LogP contribution is 2.27. The number of aromatic nitrogens is 2. The minimum atomic E-state index is -3.53. The highest BCUT2D eigenvalue weighted by Gasteiger charge is 2.21. The number of anilines is 1. The Kier molecular flexibility index (Phi) is 6.99. The predicted octanol–water partition coefficient (Wildman–Crippen LogP) is 3.82. The Morgan fingerprint density at radius 3 is 2.42 bits per heavy atom. The lowest BCUT2D eigenvalue weighted by molar-refractivity contribution is 0.102. The first-order valence-corrected chi connectivity index (χ1v) is 11.4. The molecule has 0 atom stereocenters. The second-order valence-corrected chi connectivity index (χ2v) is 8.90. The van der Waals surface area contributed by atoms with Gasteiger partial charge in [-0.1, -0.05) is 25.4 Å². The van der Waals surface area contributed by atoms with Gasteiger partial charge >= 0.3 is 0 Å². The first kappa shape index (κ1) is 22.8. The lowest BCUT2D eigenvalue weighted by atomic mass is 10.3. The maximum absolute atomic E-state index is 12.6. The molecule has 0 aliphatic heterocycles. The molecule has 164 valence electrons. The number of methoxy groups -OCH3 is 1. The van der Waals surface area contributed by atoms with Crippen LogP contribution in [0.1, 0.15) is 24.3 Å². The summed E-state index contributed by atoms with van der Waals surface area (Å²) in [4.78, 5) is 16.9. The summed E-state index contributed by atoms with van der Waals surface area (Å²) in [5.74, 6) is 0.108. The second-order valence-electron chi connectivity index (χ2n) is 6.55. The Morgan fingerprint density at radius 1 is 1.16 bits per heavy atom. The van der Waals surface area contributed by atoms with Crippen LogP contribution in [0.25, 0.3) is 5.69 Å². The average Bonchev–Trinajstić information content (AvgIpc) is 3.25. The van der Waals surface area contributed by atoms with Crippen molar-refractivity contribution < 1.29 is 17.9 Å². The third kappa shape index (κ3) is 4.90. The summed E-state index contributed by atoms with van der Waals surface area (Å²) < 4.78 is 33.4. The quantitative estimate of drug-likeness (QED) is 0.549. The van der Waals surface area contributed by atoms with E-state index in [2.05, 4.69) is 10.3 Å². The Hall–Kier alpha value is -2.88. The highest BCUT2D eigenvalue weighted by atomic mass is 35.5. The van der Waals surface area contributed by atoms with Crippen LogP contribution in [0.5, 0.6) is 5.75 Å². The standard InChI is InChI=1S/C21H23ClN4O4S/c1-4-26(5-2)31(28,29)17-9-7-16(8-10-17)25-13-19(23-14-25)21(27)24-15-6-11-20(30-3)18(22)12-15/h6-14H,4-5H2,1-3H3,(H,24,27). The number of rotatable bonds is 8. The molecular formula is C21H23ClN4O4S. The topological polar surface area (TPSA) is 93.5 Å². The van der Waals surface area contributed by atoms with E-state index in [0.29, 0.717) is 35.2 Å². The molecule has 8 nitrogen and oxygen atoms in total.